The molecule has 0 aliphatic rings. The van der Waals surface area contributed by atoms with Crippen LogP contribution in [0, 0.1) is 0 Å². The Kier molecular flexibility index (Phi) is 5.03. The van der Waals surface area contributed by atoms with Crippen molar-refractivity contribution < 1.29 is 18.3 Å². The van der Waals surface area contributed by atoms with Crippen LogP contribution in [0.4, 0.5) is 14.5 Å². The van der Waals surface area contributed by atoms with Gasteiger partial charge in [-0.2, -0.15) is 13.9 Å². The smallest absolute Gasteiger partial charge is 0.387 e. The number of hydrogen-bond donors (Lipinski definition) is 1. The lowest BCUT2D eigenvalue weighted by atomic mass is 10.1. The second kappa shape index (κ2) is 7.57. The van der Waals surface area contributed by atoms with Crippen molar-refractivity contribution in [1.82, 2.24) is 9.78 Å². The van der Waals surface area contributed by atoms with Gasteiger partial charge in [-0.3, -0.25) is 9.48 Å². The van der Waals surface area contributed by atoms with Crippen molar-refractivity contribution >= 4 is 11.6 Å². The number of alkyl halides is 2. The molecule has 0 bridgehead atoms. The van der Waals surface area contributed by atoms with Gasteiger partial charge in [0, 0.05) is 23.6 Å². The predicted molar refractivity (Wildman–Crippen MR) is 88.8 cm³/mol. The highest BCUT2D eigenvalue weighted by Gasteiger charge is 2.09. The van der Waals surface area contributed by atoms with Gasteiger partial charge in [-0.25, -0.2) is 0 Å². The van der Waals surface area contributed by atoms with E-state index in [1.54, 1.807) is 16.9 Å². The van der Waals surface area contributed by atoms with Crippen molar-refractivity contribution in [2.45, 2.75) is 13.2 Å². The van der Waals surface area contributed by atoms with Crippen molar-refractivity contribution in [1.29, 1.82) is 0 Å². The minimum absolute atomic E-state index is 0.00719. The molecule has 128 valence electrons. The van der Waals surface area contributed by atoms with E-state index in [0.29, 0.717) is 17.8 Å². The SMILES string of the molecule is O=C(Nc1cccc(Cn2cccn2)c1)c1ccc(OC(F)F)cc1. The van der Waals surface area contributed by atoms with E-state index in [2.05, 4.69) is 15.2 Å². The van der Waals surface area contributed by atoms with Crippen molar-refractivity contribution in [3.8, 4) is 5.75 Å². The number of aromatic nitrogens is 2. The lowest BCUT2D eigenvalue weighted by molar-refractivity contribution is -0.0498. The van der Waals surface area contributed by atoms with Gasteiger partial charge in [0.1, 0.15) is 5.75 Å². The van der Waals surface area contributed by atoms with Crippen molar-refractivity contribution in [3.63, 3.8) is 0 Å². The third kappa shape index (κ3) is 4.63. The van der Waals surface area contributed by atoms with E-state index in [9.17, 15) is 13.6 Å². The minimum Gasteiger partial charge on any atom is -0.435 e. The normalized spacial score (nSPS) is 10.7. The first-order valence-corrected chi connectivity index (χ1v) is 7.53. The average Bonchev–Trinajstić information content (AvgIpc) is 3.08. The van der Waals surface area contributed by atoms with Gasteiger partial charge in [0.2, 0.25) is 0 Å². The molecular weight excluding hydrogens is 328 g/mol. The quantitative estimate of drug-likeness (QED) is 0.741. The number of hydrogen-bond acceptors (Lipinski definition) is 3. The van der Waals surface area contributed by atoms with Crippen LogP contribution in [0.25, 0.3) is 0 Å². The molecule has 0 aliphatic heterocycles. The second-order valence-electron chi connectivity index (χ2n) is 5.26. The molecule has 25 heavy (non-hydrogen) atoms. The largest absolute Gasteiger partial charge is 0.435 e. The molecule has 0 radical (unpaired) electrons. The Hall–Kier alpha value is -3.22. The lowest BCUT2D eigenvalue weighted by Crippen LogP contribution is -2.12. The topological polar surface area (TPSA) is 56.2 Å². The zero-order chi connectivity index (χ0) is 17.6. The molecule has 0 saturated carbocycles. The van der Waals surface area contributed by atoms with Crippen molar-refractivity contribution in [3.05, 3.63) is 78.1 Å². The van der Waals surface area contributed by atoms with Crippen LogP contribution in [0.3, 0.4) is 0 Å². The predicted octanol–water partition coefficient (Wildman–Crippen LogP) is 3.79. The summed E-state index contributed by atoms with van der Waals surface area (Å²) in [4.78, 5) is 12.3. The van der Waals surface area contributed by atoms with E-state index in [1.165, 1.54) is 24.3 Å². The highest BCUT2D eigenvalue weighted by atomic mass is 19.3. The molecule has 0 spiro atoms. The van der Waals surface area contributed by atoms with Gasteiger partial charge in [-0.1, -0.05) is 12.1 Å². The summed E-state index contributed by atoms with van der Waals surface area (Å²) >= 11 is 0. The number of rotatable bonds is 6. The van der Waals surface area contributed by atoms with Gasteiger partial charge < -0.3 is 10.1 Å². The molecule has 0 unspecified atom stereocenters. The Labute approximate surface area is 142 Å². The highest BCUT2D eigenvalue weighted by molar-refractivity contribution is 6.04. The highest BCUT2D eigenvalue weighted by Crippen LogP contribution is 2.17. The Morgan fingerprint density at radius 3 is 2.64 bits per heavy atom. The molecule has 0 fully saturated rings. The number of anilines is 1. The first-order chi connectivity index (χ1) is 12.1. The fourth-order valence-electron chi connectivity index (χ4n) is 2.32. The van der Waals surface area contributed by atoms with Crippen LogP contribution in [0.2, 0.25) is 0 Å². The summed E-state index contributed by atoms with van der Waals surface area (Å²) in [5.74, 6) is -0.326. The summed E-state index contributed by atoms with van der Waals surface area (Å²) in [7, 11) is 0. The van der Waals surface area contributed by atoms with Gasteiger partial charge in [0.05, 0.1) is 6.54 Å². The number of carbonyl (C=O) groups excluding carboxylic acids is 1. The van der Waals surface area contributed by atoms with E-state index in [1.807, 2.05) is 30.5 Å². The Morgan fingerprint density at radius 1 is 1.16 bits per heavy atom. The Morgan fingerprint density at radius 2 is 1.96 bits per heavy atom. The van der Waals surface area contributed by atoms with Gasteiger partial charge in [-0.05, 0) is 48.0 Å². The van der Waals surface area contributed by atoms with Crippen LogP contribution in [0.5, 0.6) is 5.75 Å². The standard InChI is InChI=1S/C18H15F2N3O2/c19-18(20)25-16-7-5-14(6-8-16)17(24)22-15-4-1-3-13(11-15)12-23-10-2-9-21-23/h1-11,18H,12H2,(H,22,24). The summed E-state index contributed by atoms with van der Waals surface area (Å²) < 4.78 is 30.3. The van der Waals surface area contributed by atoms with Gasteiger partial charge in [0.25, 0.3) is 5.91 Å². The van der Waals surface area contributed by atoms with E-state index >= 15 is 0 Å². The summed E-state index contributed by atoms with van der Waals surface area (Å²) in [6, 6.07) is 14.8. The molecule has 0 atom stereocenters. The third-order valence-corrected chi connectivity index (χ3v) is 3.43. The monoisotopic (exact) mass is 343 g/mol. The molecule has 1 aromatic heterocycles. The minimum atomic E-state index is -2.89. The summed E-state index contributed by atoms with van der Waals surface area (Å²) in [5, 5.41) is 6.92. The molecule has 1 heterocycles. The molecule has 7 heteroatoms. The molecule has 0 saturated heterocycles. The van der Waals surface area contributed by atoms with E-state index in [0.717, 1.165) is 5.56 Å². The molecule has 5 nitrogen and oxygen atoms in total. The lowest BCUT2D eigenvalue weighted by Gasteiger charge is -2.09. The maximum absolute atomic E-state index is 12.3. The first kappa shape index (κ1) is 16.6. The van der Waals surface area contributed by atoms with Crippen LogP contribution < -0.4 is 10.1 Å². The number of ether oxygens (including phenoxy) is 1. The fraction of sp³-hybridized carbons (Fsp3) is 0.111. The second-order valence-corrected chi connectivity index (χ2v) is 5.26. The molecule has 3 aromatic rings. The number of amides is 1. The van der Waals surface area contributed by atoms with Gasteiger partial charge in [-0.15, -0.1) is 0 Å². The maximum atomic E-state index is 12.3. The number of nitrogens with one attached hydrogen (secondary N) is 1. The average molecular weight is 343 g/mol. The molecular formula is C18H15F2N3O2. The summed E-state index contributed by atoms with van der Waals surface area (Å²) in [5.41, 5.74) is 1.98. The summed E-state index contributed by atoms with van der Waals surface area (Å²) in [6.45, 7) is -2.30. The van der Waals surface area contributed by atoms with Crippen molar-refractivity contribution in [2.24, 2.45) is 0 Å². The van der Waals surface area contributed by atoms with E-state index < -0.39 is 6.61 Å². The number of carbonyl (C=O) groups is 1. The zero-order valence-corrected chi connectivity index (χ0v) is 13.1. The van der Waals surface area contributed by atoms with E-state index in [-0.39, 0.29) is 11.7 Å². The van der Waals surface area contributed by atoms with Crippen LogP contribution in [-0.2, 0) is 6.54 Å². The van der Waals surface area contributed by atoms with Crippen LogP contribution >= 0.6 is 0 Å². The van der Waals surface area contributed by atoms with Crippen LogP contribution in [-0.4, -0.2) is 22.3 Å². The molecule has 0 aliphatic carbocycles. The molecule has 1 amide bonds. The molecule has 3 rings (SSSR count). The molecule has 1 N–H and O–H groups in total. The fourth-order valence-corrected chi connectivity index (χ4v) is 2.32. The van der Waals surface area contributed by atoms with Crippen molar-refractivity contribution in [2.75, 3.05) is 5.32 Å². The Bertz CT molecular complexity index is 834. The zero-order valence-electron chi connectivity index (χ0n) is 13.1. The first-order valence-electron chi connectivity index (χ1n) is 7.53. The van der Waals surface area contributed by atoms with Crippen LogP contribution in [0.15, 0.2) is 67.0 Å². The Balaban J connectivity index is 1.66. The number of benzene rings is 2. The number of halogens is 2. The van der Waals surface area contributed by atoms with Gasteiger partial charge in [0.15, 0.2) is 0 Å². The molecule has 2 aromatic carbocycles. The summed E-state index contributed by atoms with van der Waals surface area (Å²) in [6.07, 6.45) is 3.56. The number of nitrogens with zero attached hydrogens (tertiary/aromatic N) is 2. The van der Waals surface area contributed by atoms with E-state index in [4.69, 9.17) is 0 Å². The third-order valence-electron chi connectivity index (χ3n) is 3.43. The van der Waals surface area contributed by atoms with Gasteiger partial charge >= 0.3 is 6.61 Å². The van der Waals surface area contributed by atoms with Crippen LogP contribution in [0.1, 0.15) is 15.9 Å². The maximum Gasteiger partial charge on any atom is 0.387 e.